The standard InChI is InChI=1S/C14H15N3O5S/c1-21-13-12(7-10(15)8-16-13)17-23(19,20)11-5-3-4-9(6-11)14(18)22-2/h3-8,17H,15H2,1-2H3. The lowest BCUT2D eigenvalue weighted by Crippen LogP contribution is -2.15. The van der Waals surface area contributed by atoms with Gasteiger partial charge >= 0.3 is 5.97 Å². The van der Waals surface area contributed by atoms with Crippen molar-refractivity contribution in [2.24, 2.45) is 0 Å². The summed E-state index contributed by atoms with van der Waals surface area (Å²) in [6.45, 7) is 0. The van der Waals surface area contributed by atoms with Crippen molar-refractivity contribution in [1.29, 1.82) is 0 Å². The van der Waals surface area contributed by atoms with Gasteiger partial charge in [0.15, 0.2) is 0 Å². The van der Waals surface area contributed by atoms with Crippen LogP contribution in [0.5, 0.6) is 5.88 Å². The smallest absolute Gasteiger partial charge is 0.337 e. The van der Waals surface area contributed by atoms with Gasteiger partial charge in [0.25, 0.3) is 10.0 Å². The number of carbonyl (C=O) groups excluding carboxylic acids is 1. The molecule has 0 amide bonds. The Labute approximate surface area is 133 Å². The summed E-state index contributed by atoms with van der Waals surface area (Å²) in [6.07, 6.45) is 1.34. The molecule has 0 aliphatic carbocycles. The van der Waals surface area contributed by atoms with Crippen LogP contribution in [-0.2, 0) is 14.8 Å². The molecule has 8 nitrogen and oxygen atoms in total. The van der Waals surface area contributed by atoms with Crippen LogP contribution in [0.25, 0.3) is 0 Å². The summed E-state index contributed by atoms with van der Waals surface area (Å²) < 4.78 is 36.8. The maximum atomic E-state index is 12.5. The molecule has 23 heavy (non-hydrogen) atoms. The van der Waals surface area contributed by atoms with E-state index in [0.717, 1.165) is 0 Å². The fourth-order valence-electron chi connectivity index (χ4n) is 1.82. The SMILES string of the molecule is COC(=O)c1cccc(S(=O)(=O)Nc2cc(N)cnc2OC)c1. The zero-order chi connectivity index (χ0) is 17.0. The molecule has 122 valence electrons. The predicted octanol–water partition coefficient (Wildman–Crippen LogP) is 1.26. The predicted molar refractivity (Wildman–Crippen MR) is 83.8 cm³/mol. The van der Waals surface area contributed by atoms with Gasteiger partial charge in [0.05, 0.1) is 36.6 Å². The van der Waals surface area contributed by atoms with E-state index in [1.54, 1.807) is 0 Å². The highest BCUT2D eigenvalue weighted by Gasteiger charge is 2.19. The first-order valence-electron chi connectivity index (χ1n) is 6.38. The minimum absolute atomic E-state index is 0.0758. The summed E-state index contributed by atoms with van der Waals surface area (Å²) in [7, 11) is -1.39. The van der Waals surface area contributed by atoms with Gasteiger partial charge in [0, 0.05) is 0 Å². The number of pyridine rings is 1. The van der Waals surface area contributed by atoms with Crippen LogP contribution in [0.3, 0.4) is 0 Å². The minimum atomic E-state index is -3.96. The Balaban J connectivity index is 2.40. The number of carbonyl (C=O) groups is 1. The Kier molecular flexibility index (Phi) is 4.70. The van der Waals surface area contributed by atoms with Crippen molar-refractivity contribution in [2.75, 3.05) is 24.7 Å². The van der Waals surface area contributed by atoms with Crippen molar-refractivity contribution >= 4 is 27.4 Å². The summed E-state index contributed by atoms with van der Waals surface area (Å²) in [5, 5.41) is 0. The molecule has 1 aromatic carbocycles. The molecule has 3 N–H and O–H groups in total. The van der Waals surface area contributed by atoms with E-state index in [9.17, 15) is 13.2 Å². The molecular formula is C14H15N3O5S. The molecule has 0 aliphatic rings. The van der Waals surface area contributed by atoms with Crippen LogP contribution in [0.4, 0.5) is 11.4 Å². The second-order valence-corrected chi connectivity index (χ2v) is 6.13. The first kappa shape index (κ1) is 16.6. The molecule has 2 rings (SSSR count). The number of hydrogen-bond acceptors (Lipinski definition) is 7. The maximum absolute atomic E-state index is 12.5. The minimum Gasteiger partial charge on any atom is -0.479 e. The quantitative estimate of drug-likeness (QED) is 0.788. The summed E-state index contributed by atoms with van der Waals surface area (Å²) in [6, 6.07) is 6.83. The molecule has 0 unspecified atom stereocenters. The van der Waals surface area contributed by atoms with E-state index < -0.39 is 16.0 Å². The number of anilines is 2. The lowest BCUT2D eigenvalue weighted by atomic mass is 10.2. The fraction of sp³-hybridized carbons (Fsp3) is 0.143. The van der Waals surface area contributed by atoms with E-state index in [1.165, 1.54) is 50.7 Å². The number of sulfonamides is 1. The molecule has 0 bridgehead atoms. The van der Waals surface area contributed by atoms with Gasteiger partial charge in [-0.15, -0.1) is 0 Å². The summed E-state index contributed by atoms with van der Waals surface area (Å²) in [4.78, 5) is 15.3. The number of benzene rings is 1. The zero-order valence-corrected chi connectivity index (χ0v) is 13.3. The van der Waals surface area contributed by atoms with Crippen molar-refractivity contribution in [2.45, 2.75) is 4.90 Å². The van der Waals surface area contributed by atoms with E-state index in [1.807, 2.05) is 0 Å². The van der Waals surface area contributed by atoms with Crippen LogP contribution in [0, 0.1) is 0 Å². The molecule has 1 heterocycles. The van der Waals surface area contributed by atoms with Gasteiger partial charge in [-0.3, -0.25) is 4.72 Å². The highest BCUT2D eigenvalue weighted by atomic mass is 32.2. The molecule has 9 heteroatoms. The number of nitrogens with zero attached hydrogens (tertiary/aromatic N) is 1. The monoisotopic (exact) mass is 337 g/mol. The number of esters is 1. The zero-order valence-electron chi connectivity index (χ0n) is 12.4. The number of methoxy groups -OCH3 is 2. The first-order valence-corrected chi connectivity index (χ1v) is 7.86. The van der Waals surface area contributed by atoms with Gasteiger partial charge in [-0.05, 0) is 24.3 Å². The highest BCUT2D eigenvalue weighted by Crippen LogP contribution is 2.26. The summed E-state index contributed by atoms with van der Waals surface area (Å²) in [5.74, 6) is -0.558. The number of rotatable bonds is 5. The Morgan fingerprint density at radius 3 is 2.65 bits per heavy atom. The Morgan fingerprint density at radius 2 is 2.00 bits per heavy atom. The molecule has 0 radical (unpaired) electrons. The molecule has 2 aromatic rings. The third-order valence-corrected chi connectivity index (χ3v) is 4.24. The maximum Gasteiger partial charge on any atom is 0.337 e. The average Bonchev–Trinajstić information content (AvgIpc) is 2.54. The Bertz CT molecular complexity index is 836. The van der Waals surface area contributed by atoms with Gasteiger partial charge in [0.1, 0.15) is 5.69 Å². The van der Waals surface area contributed by atoms with E-state index >= 15 is 0 Å². The highest BCUT2D eigenvalue weighted by molar-refractivity contribution is 7.92. The molecule has 0 saturated carbocycles. The Morgan fingerprint density at radius 1 is 1.26 bits per heavy atom. The number of nitrogen functional groups attached to an aromatic ring is 1. The normalized spacial score (nSPS) is 10.9. The van der Waals surface area contributed by atoms with Crippen molar-refractivity contribution in [3.8, 4) is 5.88 Å². The van der Waals surface area contributed by atoms with Gasteiger partial charge in [0.2, 0.25) is 5.88 Å². The van der Waals surface area contributed by atoms with Gasteiger partial charge in [-0.25, -0.2) is 18.2 Å². The van der Waals surface area contributed by atoms with Crippen molar-refractivity contribution in [3.63, 3.8) is 0 Å². The number of ether oxygens (including phenoxy) is 2. The summed E-state index contributed by atoms with van der Waals surface area (Å²) in [5.41, 5.74) is 6.09. The van der Waals surface area contributed by atoms with E-state index in [2.05, 4.69) is 14.4 Å². The number of aromatic nitrogens is 1. The lowest BCUT2D eigenvalue weighted by Gasteiger charge is -2.12. The van der Waals surface area contributed by atoms with Crippen LogP contribution < -0.4 is 15.2 Å². The van der Waals surface area contributed by atoms with Crippen LogP contribution in [0.1, 0.15) is 10.4 Å². The number of nitrogens with one attached hydrogen (secondary N) is 1. The molecule has 0 aliphatic heterocycles. The van der Waals surface area contributed by atoms with Crippen LogP contribution >= 0.6 is 0 Å². The topological polar surface area (TPSA) is 121 Å². The molecular weight excluding hydrogens is 322 g/mol. The second-order valence-electron chi connectivity index (χ2n) is 4.45. The van der Waals surface area contributed by atoms with Gasteiger partial charge in [-0.1, -0.05) is 6.07 Å². The van der Waals surface area contributed by atoms with E-state index in [0.29, 0.717) is 0 Å². The van der Waals surface area contributed by atoms with Crippen LogP contribution in [0.15, 0.2) is 41.4 Å². The molecule has 1 aromatic heterocycles. The summed E-state index contributed by atoms with van der Waals surface area (Å²) >= 11 is 0. The van der Waals surface area contributed by atoms with Crippen molar-refractivity contribution in [1.82, 2.24) is 4.98 Å². The van der Waals surface area contributed by atoms with Crippen LogP contribution in [0.2, 0.25) is 0 Å². The molecule has 0 fully saturated rings. The van der Waals surface area contributed by atoms with Gasteiger partial charge < -0.3 is 15.2 Å². The van der Waals surface area contributed by atoms with E-state index in [4.69, 9.17) is 10.5 Å². The first-order chi connectivity index (χ1) is 10.9. The third kappa shape index (κ3) is 3.69. The average molecular weight is 337 g/mol. The number of nitrogens with two attached hydrogens (primary N) is 1. The third-order valence-electron chi connectivity index (χ3n) is 2.88. The van der Waals surface area contributed by atoms with Crippen LogP contribution in [-0.4, -0.2) is 33.6 Å². The second kappa shape index (κ2) is 6.53. The van der Waals surface area contributed by atoms with Crippen molar-refractivity contribution < 1.29 is 22.7 Å². The molecule has 0 atom stereocenters. The number of hydrogen-bond donors (Lipinski definition) is 2. The van der Waals surface area contributed by atoms with Crippen molar-refractivity contribution in [3.05, 3.63) is 42.1 Å². The molecule has 0 spiro atoms. The van der Waals surface area contributed by atoms with Gasteiger partial charge in [-0.2, -0.15) is 0 Å². The Hall–Kier alpha value is -2.81. The largest absolute Gasteiger partial charge is 0.479 e. The fourth-order valence-corrected chi connectivity index (χ4v) is 2.91. The molecule has 0 saturated heterocycles. The lowest BCUT2D eigenvalue weighted by molar-refractivity contribution is 0.0600. The van der Waals surface area contributed by atoms with E-state index in [-0.39, 0.29) is 27.7 Å².